The Morgan fingerprint density at radius 1 is 1.33 bits per heavy atom. The van der Waals surface area contributed by atoms with Crippen LogP contribution in [0.5, 0.6) is 0 Å². The predicted octanol–water partition coefficient (Wildman–Crippen LogP) is 3.07. The van der Waals surface area contributed by atoms with E-state index < -0.39 is 0 Å². The van der Waals surface area contributed by atoms with Gasteiger partial charge in [0.05, 0.1) is 12.6 Å². The summed E-state index contributed by atoms with van der Waals surface area (Å²) in [6.07, 6.45) is 3.28. The lowest BCUT2D eigenvalue weighted by molar-refractivity contribution is 0.240. The zero-order valence-corrected chi connectivity index (χ0v) is 13.3. The van der Waals surface area contributed by atoms with E-state index in [-0.39, 0.29) is 24.0 Å². The fraction of sp³-hybridized carbons (Fsp3) is 0.647. The van der Waals surface area contributed by atoms with Gasteiger partial charge in [-0.2, -0.15) is 0 Å². The van der Waals surface area contributed by atoms with Crippen molar-refractivity contribution in [2.75, 3.05) is 18.1 Å². The van der Waals surface area contributed by atoms with E-state index in [1.165, 1.54) is 6.07 Å². The molecule has 1 unspecified atom stereocenters. The van der Waals surface area contributed by atoms with E-state index in [0.29, 0.717) is 6.54 Å². The first-order valence-electron chi connectivity index (χ1n) is 7.81. The number of rotatable bonds is 4. The second-order valence-corrected chi connectivity index (χ2v) is 6.90. The van der Waals surface area contributed by atoms with Gasteiger partial charge in [-0.25, -0.2) is 4.39 Å². The van der Waals surface area contributed by atoms with Crippen LogP contribution in [0.25, 0.3) is 0 Å². The molecule has 0 amide bonds. The molecule has 0 radical (unpaired) electrons. The molecule has 1 aromatic carbocycles. The molecule has 1 saturated heterocycles. The topological polar surface area (TPSA) is 35.5 Å². The molecule has 118 valence electrons. The summed E-state index contributed by atoms with van der Waals surface area (Å²) in [7, 11) is 0. The van der Waals surface area contributed by atoms with Crippen LogP contribution >= 0.6 is 0 Å². The van der Waals surface area contributed by atoms with E-state index in [9.17, 15) is 9.50 Å². The Morgan fingerprint density at radius 2 is 2.10 bits per heavy atom. The molecular weight excluding hydrogens is 267 g/mol. The third-order valence-corrected chi connectivity index (χ3v) is 4.00. The number of aliphatic hydroxyl groups is 1. The molecule has 3 nitrogen and oxygen atoms in total. The van der Waals surface area contributed by atoms with Gasteiger partial charge in [0.1, 0.15) is 5.82 Å². The van der Waals surface area contributed by atoms with Crippen molar-refractivity contribution in [3.05, 3.63) is 29.6 Å². The highest BCUT2D eigenvalue weighted by molar-refractivity contribution is 5.55. The average Bonchev–Trinajstić information content (AvgIpc) is 2.44. The Hall–Kier alpha value is -1.13. The van der Waals surface area contributed by atoms with E-state index in [4.69, 9.17) is 0 Å². The normalized spacial score (nSPS) is 19.9. The smallest absolute Gasteiger partial charge is 0.123 e. The van der Waals surface area contributed by atoms with Gasteiger partial charge in [-0.3, -0.25) is 0 Å². The SMILES string of the molecule is CC(C)(C)NCc1cc(F)ccc1N1CCCCC1CO. The van der Waals surface area contributed by atoms with Crippen LogP contribution in [0.2, 0.25) is 0 Å². The van der Waals surface area contributed by atoms with Crippen LogP contribution < -0.4 is 10.2 Å². The maximum Gasteiger partial charge on any atom is 0.123 e. The van der Waals surface area contributed by atoms with E-state index in [1.807, 2.05) is 6.07 Å². The minimum absolute atomic E-state index is 0.0120. The Kier molecular flexibility index (Phi) is 5.22. The third kappa shape index (κ3) is 4.42. The second kappa shape index (κ2) is 6.75. The summed E-state index contributed by atoms with van der Waals surface area (Å²) in [4.78, 5) is 2.24. The van der Waals surface area contributed by atoms with Crippen LogP contribution in [0.15, 0.2) is 18.2 Å². The van der Waals surface area contributed by atoms with Crippen LogP contribution in [-0.4, -0.2) is 29.8 Å². The zero-order chi connectivity index (χ0) is 15.5. The highest BCUT2D eigenvalue weighted by Gasteiger charge is 2.24. The van der Waals surface area contributed by atoms with Gasteiger partial charge in [-0.1, -0.05) is 0 Å². The lowest BCUT2D eigenvalue weighted by Gasteiger charge is -2.38. The van der Waals surface area contributed by atoms with Crippen molar-refractivity contribution >= 4 is 5.69 Å². The lowest BCUT2D eigenvalue weighted by atomic mass is 9.99. The fourth-order valence-corrected chi connectivity index (χ4v) is 2.84. The van der Waals surface area contributed by atoms with Gasteiger partial charge >= 0.3 is 0 Å². The van der Waals surface area contributed by atoms with Crippen LogP contribution in [0.1, 0.15) is 45.6 Å². The lowest BCUT2D eigenvalue weighted by Crippen LogP contribution is -2.43. The number of hydrogen-bond acceptors (Lipinski definition) is 3. The first-order chi connectivity index (χ1) is 9.90. The largest absolute Gasteiger partial charge is 0.394 e. The van der Waals surface area contributed by atoms with Crippen LogP contribution in [0, 0.1) is 5.82 Å². The Morgan fingerprint density at radius 3 is 2.76 bits per heavy atom. The first-order valence-corrected chi connectivity index (χ1v) is 7.81. The van der Waals surface area contributed by atoms with Crippen molar-refractivity contribution in [3.63, 3.8) is 0 Å². The summed E-state index contributed by atoms with van der Waals surface area (Å²) in [6.45, 7) is 8.02. The molecule has 21 heavy (non-hydrogen) atoms. The van der Waals surface area contributed by atoms with Gasteiger partial charge in [-0.15, -0.1) is 0 Å². The number of nitrogens with zero attached hydrogens (tertiary/aromatic N) is 1. The summed E-state index contributed by atoms with van der Waals surface area (Å²) in [5.74, 6) is -0.206. The quantitative estimate of drug-likeness (QED) is 0.896. The summed E-state index contributed by atoms with van der Waals surface area (Å²) in [6, 6.07) is 5.12. The number of hydrogen-bond donors (Lipinski definition) is 2. The van der Waals surface area contributed by atoms with E-state index in [1.54, 1.807) is 6.07 Å². The molecule has 4 heteroatoms. The Labute approximate surface area is 127 Å². The number of anilines is 1. The van der Waals surface area contributed by atoms with Gasteiger partial charge in [-0.05, 0) is 63.8 Å². The predicted molar refractivity (Wildman–Crippen MR) is 85.1 cm³/mol. The van der Waals surface area contributed by atoms with Gasteiger partial charge in [0.15, 0.2) is 0 Å². The molecule has 1 aliphatic rings. The molecule has 2 rings (SSSR count). The standard InChI is InChI=1S/C17H27FN2O/c1-17(2,3)19-11-13-10-14(18)7-8-16(13)20-9-5-4-6-15(20)12-21/h7-8,10,15,19,21H,4-6,9,11-12H2,1-3H3. The van der Waals surface area contributed by atoms with Crippen molar-refractivity contribution in [1.82, 2.24) is 5.32 Å². The highest BCUT2D eigenvalue weighted by atomic mass is 19.1. The first kappa shape index (κ1) is 16.2. The highest BCUT2D eigenvalue weighted by Crippen LogP contribution is 2.29. The van der Waals surface area contributed by atoms with Gasteiger partial charge < -0.3 is 15.3 Å². The van der Waals surface area contributed by atoms with Crippen molar-refractivity contribution in [2.24, 2.45) is 0 Å². The number of aliphatic hydroxyl groups excluding tert-OH is 1. The van der Waals surface area contributed by atoms with E-state index in [2.05, 4.69) is 31.0 Å². The molecule has 1 heterocycles. The monoisotopic (exact) mass is 294 g/mol. The molecule has 1 aliphatic heterocycles. The van der Waals surface area contributed by atoms with Crippen LogP contribution in [0.4, 0.5) is 10.1 Å². The maximum absolute atomic E-state index is 13.6. The molecule has 0 bridgehead atoms. The molecule has 1 fully saturated rings. The van der Waals surface area contributed by atoms with Crippen molar-refractivity contribution < 1.29 is 9.50 Å². The summed E-state index contributed by atoms with van der Waals surface area (Å²) in [5.41, 5.74) is 2.00. The number of benzene rings is 1. The van der Waals surface area contributed by atoms with Crippen molar-refractivity contribution in [1.29, 1.82) is 0 Å². The average molecular weight is 294 g/mol. The molecule has 2 N–H and O–H groups in total. The van der Waals surface area contributed by atoms with Gasteiger partial charge in [0, 0.05) is 24.3 Å². The maximum atomic E-state index is 13.6. The summed E-state index contributed by atoms with van der Waals surface area (Å²) < 4.78 is 13.6. The van der Waals surface area contributed by atoms with Gasteiger partial charge in [0.25, 0.3) is 0 Å². The fourth-order valence-electron chi connectivity index (χ4n) is 2.84. The molecule has 1 atom stereocenters. The number of nitrogens with one attached hydrogen (secondary N) is 1. The van der Waals surface area contributed by atoms with Crippen molar-refractivity contribution in [3.8, 4) is 0 Å². The van der Waals surface area contributed by atoms with Crippen LogP contribution in [0.3, 0.4) is 0 Å². The van der Waals surface area contributed by atoms with Crippen molar-refractivity contribution in [2.45, 2.75) is 58.2 Å². The minimum Gasteiger partial charge on any atom is -0.394 e. The zero-order valence-electron chi connectivity index (χ0n) is 13.3. The van der Waals surface area contributed by atoms with Crippen LogP contribution in [-0.2, 0) is 6.54 Å². The second-order valence-electron chi connectivity index (χ2n) is 6.90. The van der Waals surface area contributed by atoms with Gasteiger partial charge in [0.2, 0.25) is 0 Å². The molecule has 0 spiro atoms. The van der Waals surface area contributed by atoms with E-state index in [0.717, 1.165) is 37.1 Å². The Balaban J connectivity index is 2.25. The number of halogens is 1. The minimum atomic E-state index is -0.206. The summed E-state index contributed by atoms with van der Waals surface area (Å²) >= 11 is 0. The molecule has 0 aliphatic carbocycles. The molecular formula is C17H27FN2O. The molecule has 1 aromatic rings. The molecule has 0 saturated carbocycles. The summed E-state index contributed by atoms with van der Waals surface area (Å²) in [5, 5.41) is 13.0. The number of piperidine rings is 1. The third-order valence-electron chi connectivity index (χ3n) is 4.00. The molecule has 0 aromatic heterocycles. The van der Waals surface area contributed by atoms with E-state index >= 15 is 0 Å². The Bertz CT molecular complexity index is 470.